The highest BCUT2D eigenvalue weighted by atomic mass is 79.9. The number of thioether (sulfide) groups is 1. The molecule has 84 valence electrons. The van der Waals surface area contributed by atoms with Gasteiger partial charge < -0.3 is 0 Å². The Bertz CT molecular complexity index is 445. The first-order valence-electron chi connectivity index (χ1n) is 4.79. The van der Waals surface area contributed by atoms with Gasteiger partial charge in [0.2, 0.25) is 11.8 Å². The lowest BCUT2D eigenvalue weighted by molar-refractivity contribution is -0.124. The third-order valence-electron chi connectivity index (χ3n) is 2.35. The SMILES string of the molecule is Cc1cc(Br)ccc1N1C(=O)CSCC1=O. The standard InChI is InChI=1S/C11H10BrNO2S/c1-7-4-8(12)2-3-9(7)13-10(14)5-16-6-11(13)15/h2-4H,5-6H2,1H3. The van der Waals surface area contributed by atoms with E-state index in [0.717, 1.165) is 10.0 Å². The highest BCUT2D eigenvalue weighted by molar-refractivity contribution is 9.10. The van der Waals surface area contributed by atoms with E-state index in [1.165, 1.54) is 16.7 Å². The van der Waals surface area contributed by atoms with E-state index in [1.54, 1.807) is 6.07 Å². The van der Waals surface area contributed by atoms with Crippen LogP contribution in [0.4, 0.5) is 5.69 Å². The van der Waals surface area contributed by atoms with Crippen LogP contribution in [0.5, 0.6) is 0 Å². The Labute approximate surface area is 106 Å². The number of imide groups is 1. The molecule has 1 aliphatic heterocycles. The fourth-order valence-corrected chi connectivity index (χ4v) is 2.82. The summed E-state index contributed by atoms with van der Waals surface area (Å²) in [5.41, 5.74) is 1.61. The number of halogens is 1. The number of anilines is 1. The first kappa shape index (κ1) is 11.7. The molecule has 5 heteroatoms. The Kier molecular flexibility index (Phi) is 3.35. The highest BCUT2D eigenvalue weighted by Crippen LogP contribution is 2.27. The Morgan fingerprint density at radius 3 is 2.44 bits per heavy atom. The van der Waals surface area contributed by atoms with Crippen molar-refractivity contribution in [2.75, 3.05) is 16.4 Å². The molecular weight excluding hydrogens is 290 g/mol. The number of benzene rings is 1. The van der Waals surface area contributed by atoms with E-state index in [9.17, 15) is 9.59 Å². The van der Waals surface area contributed by atoms with Gasteiger partial charge in [-0.2, -0.15) is 0 Å². The van der Waals surface area contributed by atoms with Gasteiger partial charge >= 0.3 is 0 Å². The number of rotatable bonds is 1. The van der Waals surface area contributed by atoms with Crippen LogP contribution < -0.4 is 4.90 Å². The van der Waals surface area contributed by atoms with Crippen molar-refractivity contribution >= 4 is 45.2 Å². The van der Waals surface area contributed by atoms with Crippen LogP contribution in [0.2, 0.25) is 0 Å². The van der Waals surface area contributed by atoms with Crippen molar-refractivity contribution < 1.29 is 9.59 Å². The molecule has 1 saturated heterocycles. The largest absolute Gasteiger partial charge is 0.273 e. The van der Waals surface area contributed by atoms with Crippen molar-refractivity contribution in [3.63, 3.8) is 0 Å². The second-order valence-electron chi connectivity index (χ2n) is 3.55. The molecule has 0 atom stereocenters. The molecule has 0 N–H and O–H groups in total. The lowest BCUT2D eigenvalue weighted by Gasteiger charge is -2.26. The van der Waals surface area contributed by atoms with Crippen LogP contribution in [0.3, 0.4) is 0 Å². The molecule has 0 bridgehead atoms. The van der Waals surface area contributed by atoms with Crippen LogP contribution in [0.15, 0.2) is 22.7 Å². The molecule has 0 unspecified atom stereocenters. The van der Waals surface area contributed by atoms with E-state index < -0.39 is 0 Å². The molecule has 16 heavy (non-hydrogen) atoms. The first-order chi connectivity index (χ1) is 7.59. The van der Waals surface area contributed by atoms with Gasteiger partial charge in [-0.3, -0.25) is 9.59 Å². The summed E-state index contributed by atoms with van der Waals surface area (Å²) in [4.78, 5) is 24.7. The quantitative estimate of drug-likeness (QED) is 0.747. The number of carbonyl (C=O) groups excluding carboxylic acids is 2. The Morgan fingerprint density at radius 1 is 1.25 bits per heavy atom. The maximum atomic E-state index is 11.7. The van der Waals surface area contributed by atoms with Crippen molar-refractivity contribution in [2.45, 2.75) is 6.92 Å². The minimum Gasteiger partial charge on any atom is -0.273 e. The second-order valence-corrected chi connectivity index (χ2v) is 5.45. The van der Waals surface area contributed by atoms with Crippen LogP contribution in [0.25, 0.3) is 0 Å². The van der Waals surface area contributed by atoms with Gasteiger partial charge in [0.15, 0.2) is 0 Å². The van der Waals surface area contributed by atoms with Crippen molar-refractivity contribution in [1.29, 1.82) is 0 Å². The fourth-order valence-electron chi connectivity index (χ4n) is 1.63. The van der Waals surface area contributed by atoms with Gasteiger partial charge in [-0.1, -0.05) is 15.9 Å². The first-order valence-corrected chi connectivity index (χ1v) is 6.74. The van der Waals surface area contributed by atoms with Gasteiger partial charge in [-0.15, -0.1) is 11.8 Å². The molecule has 0 saturated carbocycles. The van der Waals surface area contributed by atoms with Crippen LogP contribution >= 0.6 is 27.7 Å². The molecule has 1 aromatic rings. The van der Waals surface area contributed by atoms with Gasteiger partial charge in [0.1, 0.15) is 0 Å². The number of amides is 2. The number of hydrogen-bond donors (Lipinski definition) is 0. The topological polar surface area (TPSA) is 37.4 Å². The normalized spacial score (nSPS) is 16.8. The van der Waals surface area contributed by atoms with Gasteiger partial charge in [0.05, 0.1) is 17.2 Å². The summed E-state index contributed by atoms with van der Waals surface area (Å²) in [6.45, 7) is 1.89. The second kappa shape index (κ2) is 4.59. The number of hydrogen-bond acceptors (Lipinski definition) is 3. The molecule has 2 rings (SSSR count). The summed E-state index contributed by atoms with van der Waals surface area (Å²) >= 11 is 4.73. The molecule has 0 aromatic heterocycles. The van der Waals surface area contributed by atoms with Gasteiger partial charge in [0, 0.05) is 4.47 Å². The average molecular weight is 300 g/mol. The van der Waals surface area contributed by atoms with E-state index in [2.05, 4.69) is 15.9 Å². The number of carbonyl (C=O) groups is 2. The van der Waals surface area contributed by atoms with E-state index in [-0.39, 0.29) is 11.8 Å². The van der Waals surface area contributed by atoms with E-state index in [4.69, 9.17) is 0 Å². The molecule has 0 radical (unpaired) electrons. The smallest absolute Gasteiger partial charge is 0.243 e. The zero-order chi connectivity index (χ0) is 11.7. The maximum absolute atomic E-state index is 11.7. The fraction of sp³-hybridized carbons (Fsp3) is 0.273. The summed E-state index contributed by atoms with van der Waals surface area (Å²) in [6.07, 6.45) is 0. The van der Waals surface area contributed by atoms with Gasteiger partial charge in [0.25, 0.3) is 0 Å². The molecule has 1 aromatic carbocycles. The minimum atomic E-state index is -0.133. The lowest BCUT2D eigenvalue weighted by Crippen LogP contribution is -2.43. The molecular formula is C11H10BrNO2S. The summed E-state index contributed by atoms with van der Waals surface area (Å²) in [5, 5.41) is 0. The zero-order valence-corrected chi connectivity index (χ0v) is 11.1. The van der Waals surface area contributed by atoms with Crippen molar-refractivity contribution in [3.8, 4) is 0 Å². The zero-order valence-electron chi connectivity index (χ0n) is 8.70. The molecule has 0 aliphatic carbocycles. The van der Waals surface area contributed by atoms with Crippen LogP contribution in [-0.2, 0) is 9.59 Å². The third-order valence-corrected chi connectivity index (χ3v) is 3.75. The van der Waals surface area contributed by atoms with Crippen molar-refractivity contribution in [2.24, 2.45) is 0 Å². The predicted octanol–water partition coefficient (Wildman–Crippen LogP) is 2.36. The Morgan fingerprint density at radius 2 is 1.88 bits per heavy atom. The van der Waals surface area contributed by atoms with E-state index >= 15 is 0 Å². The minimum absolute atomic E-state index is 0.133. The summed E-state index contributed by atoms with van der Waals surface area (Å²) in [6, 6.07) is 5.54. The molecule has 1 fully saturated rings. The predicted molar refractivity (Wildman–Crippen MR) is 68.7 cm³/mol. The third kappa shape index (κ3) is 2.15. The highest BCUT2D eigenvalue weighted by Gasteiger charge is 2.28. The van der Waals surface area contributed by atoms with Gasteiger partial charge in [-0.05, 0) is 30.7 Å². The number of nitrogens with zero attached hydrogens (tertiary/aromatic N) is 1. The monoisotopic (exact) mass is 299 g/mol. The summed E-state index contributed by atoms with van der Waals surface area (Å²) in [7, 11) is 0. The summed E-state index contributed by atoms with van der Waals surface area (Å²) < 4.78 is 0.944. The van der Waals surface area contributed by atoms with E-state index in [1.807, 2.05) is 19.1 Å². The molecule has 0 spiro atoms. The van der Waals surface area contributed by atoms with Crippen molar-refractivity contribution in [1.82, 2.24) is 0 Å². The Hall–Kier alpha value is -0.810. The number of aryl methyl sites for hydroxylation is 1. The molecule has 3 nitrogen and oxygen atoms in total. The molecule has 1 aliphatic rings. The average Bonchev–Trinajstić information content (AvgIpc) is 2.20. The molecule has 1 heterocycles. The van der Waals surface area contributed by atoms with Crippen molar-refractivity contribution in [3.05, 3.63) is 28.2 Å². The van der Waals surface area contributed by atoms with Crippen LogP contribution in [0, 0.1) is 6.92 Å². The molecule has 2 amide bonds. The Balaban J connectivity index is 2.42. The summed E-state index contributed by atoms with van der Waals surface area (Å²) in [5.74, 6) is 0.487. The maximum Gasteiger partial charge on any atom is 0.243 e. The van der Waals surface area contributed by atoms with Crippen LogP contribution in [0.1, 0.15) is 5.56 Å². The lowest BCUT2D eigenvalue weighted by atomic mass is 10.2. The van der Waals surface area contributed by atoms with E-state index in [0.29, 0.717) is 17.2 Å². The van der Waals surface area contributed by atoms with Gasteiger partial charge in [-0.25, -0.2) is 4.90 Å². The van der Waals surface area contributed by atoms with Crippen LogP contribution in [-0.4, -0.2) is 23.3 Å².